The highest BCUT2D eigenvalue weighted by molar-refractivity contribution is 8.00. The van der Waals surface area contributed by atoms with Gasteiger partial charge in [-0.05, 0) is 54.9 Å². The molecule has 222 valence electrons. The number of hydrogen-bond donors (Lipinski definition) is 1. The number of carbonyl (C=O) groups excluding carboxylic acids is 2. The zero-order chi connectivity index (χ0) is 30.3. The van der Waals surface area contributed by atoms with Gasteiger partial charge in [0.1, 0.15) is 12.4 Å². The van der Waals surface area contributed by atoms with Gasteiger partial charge < -0.3 is 9.72 Å². The van der Waals surface area contributed by atoms with Gasteiger partial charge in [0.05, 0.1) is 27.5 Å². The molecule has 2 amide bonds. The average Bonchev–Trinajstić information content (AvgIpc) is 3.76. The predicted octanol–water partition coefficient (Wildman–Crippen LogP) is 5.91. The highest BCUT2D eigenvalue weighted by Gasteiger charge is 2.70. The van der Waals surface area contributed by atoms with E-state index in [2.05, 4.69) is 4.98 Å². The smallest absolute Gasteiger partial charge is 0.305 e. The van der Waals surface area contributed by atoms with E-state index in [-0.39, 0.29) is 52.0 Å². The minimum atomic E-state index is -0.470. The number of ether oxygens (including phenoxy) is 1. The third kappa shape index (κ3) is 4.09. The number of nitrogens with one attached hydrogen (secondary N) is 1. The third-order valence-electron chi connectivity index (χ3n) is 9.79. The van der Waals surface area contributed by atoms with E-state index in [1.54, 1.807) is 23.9 Å². The van der Waals surface area contributed by atoms with Crippen molar-refractivity contribution in [2.45, 2.75) is 36.1 Å². The van der Waals surface area contributed by atoms with Crippen molar-refractivity contribution in [1.82, 2.24) is 4.98 Å². The number of benzene rings is 3. The summed E-state index contributed by atoms with van der Waals surface area (Å²) in [6, 6.07) is 21.8. The molecule has 11 heteroatoms. The van der Waals surface area contributed by atoms with Crippen molar-refractivity contribution >= 4 is 46.3 Å². The van der Waals surface area contributed by atoms with Crippen LogP contribution >= 0.6 is 23.1 Å². The van der Waals surface area contributed by atoms with Gasteiger partial charge in [0, 0.05) is 33.7 Å². The van der Waals surface area contributed by atoms with E-state index >= 15 is 0 Å². The first kappa shape index (κ1) is 27.3. The second kappa shape index (κ2) is 10.2. The monoisotopic (exact) mass is 625 g/mol. The van der Waals surface area contributed by atoms with Crippen LogP contribution in [0.1, 0.15) is 33.9 Å². The number of non-ortho nitro benzene ring substituents is 1. The number of H-pyrrole nitrogens is 1. The molecule has 5 unspecified atom stereocenters. The number of fused-ring (bicyclic) bond motifs is 9. The zero-order valence-corrected chi connectivity index (χ0v) is 25.2. The Kier molecular flexibility index (Phi) is 6.32. The largest absolute Gasteiger partial charge is 0.489 e. The second-order valence-corrected chi connectivity index (χ2v) is 14.3. The minimum Gasteiger partial charge on any atom is -0.489 e. The number of thioether (sulfide) groups is 1. The topological polar surface area (TPSA) is 123 Å². The van der Waals surface area contributed by atoms with Crippen molar-refractivity contribution in [3.63, 3.8) is 0 Å². The number of nitro benzene ring substituents is 1. The van der Waals surface area contributed by atoms with Crippen molar-refractivity contribution in [3.8, 4) is 5.75 Å². The molecule has 0 spiro atoms. The molecule has 2 aliphatic carbocycles. The number of aromatic nitrogens is 1. The highest BCUT2D eigenvalue weighted by atomic mass is 32.2. The first-order valence-corrected chi connectivity index (χ1v) is 16.3. The standard InChI is InChI=1S/C33H27N3O6S2/c1-16-7-9-18(10-8-16)35-31(37)26-21-14-22(27(26)32(35)38)28-25(21)24(29-30(43-28)34-33(39)44-29)20-13-19(36(40)41)11-12-23(20)42-15-17-5-3-2-4-6-17/h2-13,21-22,24-28H,14-15H2,1H3,(H,34,39)/t21-,22-,24?,25?,26?,27?,28?/m1/s1. The second-order valence-electron chi connectivity index (χ2n) is 12.1. The number of nitrogens with zero attached hydrogens (tertiary/aromatic N) is 2. The number of amides is 2. The summed E-state index contributed by atoms with van der Waals surface area (Å²) < 4.78 is 6.33. The Morgan fingerprint density at radius 3 is 2.43 bits per heavy atom. The van der Waals surface area contributed by atoms with E-state index in [1.165, 1.54) is 11.0 Å². The molecule has 4 aliphatic rings. The Balaban J connectivity index is 1.23. The van der Waals surface area contributed by atoms with E-state index in [0.717, 1.165) is 38.8 Å². The molecule has 1 N–H and O–H groups in total. The normalized spacial score (nSPS) is 28.1. The SMILES string of the molecule is Cc1ccc(N2C(=O)C3C(C2=O)[C@@H]2C[C@H]3C3Sc4[nH]c(=O)sc4C(c4cc([N+](=O)[O-])ccc4OCc4ccccc4)C32)cc1. The van der Waals surface area contributed by atoms with Gasteiger partial charge in [0.25, 0.3) is 5.69 Å². The number of carbonyl (C=O) groups is 2. The van der Waals surface area contributed by atoms with Gasteiger partial charge in [-0.1, -0.05) is 59.4 Å². The summed E-state index contributed by atoms with van der Waals surface area (Å²) in [5.41, 5.74) is 3.16. The summed E-state index contributed by atoms with van der Waals surface area (Å²) in [6.07, 6.45) is 0.724. The van der Waals surface area contributed by atoms with Crippen molar-refractivity contribution in [2.75, 3.05) is 4.90 Å². The molecule has 9 nitrogen and oxygen atoms in total. The van der Waals surface area contributed by atoms with Gasteiger partial charge in [0.2, 0.25) is 11.8 Å². The lowest BCUT2D eigenvalue weighted by Gasteiger charge is -2.43. The van der Waals surface area contributed by atoms with Crippen molar-refractivity contribution in [3.05, 3.63) is 114 Å². The highest BCUT2D eigenvalue weighted by Crippen LogP contribution is 2.69. The number of rotatable bonds is 6. The molecular formula is C33H27N3O6S2. The van der Waals surface area contributed by atoms with Crippen molar-refractivity contribution in [2.24, 2.45) is 29.6 Å². The summed E-state index contributed by atoms with van der Waals surface area (Å²) in [4.78, 5) is 57.2. The fraction of sp³-hybridized carbons (Fsp3) is 0.303. The Morgan fingerprint density at radius 2 is 1.70 bits per heavy atom. The Bertz CT molecular complexity index is 1890. The van der Waals surface area contributed by atoms with Crippen molar-refractivity contribution in [1.29, 1.82) is 0 Å². The fourth-order valence-electron chi connectivity index (χ4n) is 8.07. The molecule has 7 atom stereocenters. The van der Waals surface area contributed by atoms with Crippen LogP contribution in [0.25, 0.3) is 0 Å². The summed E-state index contributed by atoms with van der Waals surface area (Å²) in [7, 11) is 0. The molecule has 3 aromatic carbocycles. The first-order chi connectivity index (χ1) is 21.3. The lowest BCUT2D eigenvalue weighted by atomic mass is 9.68. The maximum Gasteiger partial charge on any atom is 0.305 e. The minimum absolute atomic E-state index is 0.0417. The maximum atomic E-state index is 14.0. The lowest BCUT2D eigenvalue weighted by molar-refractivity contribution is -0.385. The Hall–Kier alpha value is -4.22. The van der Waals surface area contributed by atoms with E-state index in [0.29, 0.717) is 17.0 Å². The Labute approximate surface area is 260 Å². The average molecular weight is 626 g/mol. The molecule has 3 heterocycles. The van der Waals surface area contributed by atoms with Gasteiger partial charge in [-0.25, -0.2) is 0 Å². The quantitative estimate of drug-likeness (QED) is 0.161. The molecule has 4 aromatic rings. The number of aryl methyl sites for hydroxylation is 1. The van der Waals surface area contributed by atoms with Crippen LogP contribution < -0.4 is 14.5 Å². The molecule has 2 aliphatic heterocycles. The van der Waals surface area contributed by atoms with Crippen LogP contribution in [0.5, 0.6) is 5.75 Å². The van der Waals surface area contributed by atoms with E-state index in [4.69, 9.17) is 4.74 Å². The van der Waals surface area contributed by atoms with Gasteiger partial charge in [0.15, 0.2) is 0 Å². The van der Waals surface area contributed by atoms with Gasteiger partial charge in [-0.15, -0.1) is 11.8 Å². The maximum absolute atomic E-state index is 14.0. The first-order valence-electron chi connectivity index (χ1n) is 14.6. The van der Waals surface area contributed by atoms with Gasteiger partial charge >= 0.3 is 4.87 Å². The van der Waals surface area contributed by atoms with Gasteiger partial charge in [-0.2, -0.15) is 0 Å². The van der Waals surface area contributed by atoms with Crippen molar-refractivity contribution < 1.29 is 19.2 Å². The number of hydrogen-bond acceptors (Lipinski definition) is 8. The molecule has 0 radical (unpaired) electrons. The summed E-state index contributed by atoms with van der Waals surface area (Å²) >= 11 is 2.70. The predicted molar refractivity (Wildman–Crippen MR) is 166 cm³/mol. The Morgan fingerprint density at radius 1 is 0.977 bits per heavy atom. The molecule has 1 saturated heterocycles. The molecule has 44 heavy (non-hydrogen) atoms. The molecule has 3 fully saturated rings. The van der Waals surface area contributed by atoms with Crippen LogP contribution in [-0.4, -0.2) is 27.0 Å². The fourth-order valence-corrected chi connectivity index (χ4v) is 11.0. The summed E-state index contributed by atoms with van der Waals surface area (Å²) in [5, 5.41) is 12.7. The molecule has 1 aromatic heterocycles. The number of nitro groups is 1. The number of imide groups is 1. The van der Waals surface area contributed by atoms with Crippen LogP contribution in [0.15, 0.2) is 82.6 Å². The van der Waals surface area contributed by atoms with E-state index < -0.39 is 22.7 Å². The molecule has 2 bridgehead atoms. The third-order valence-corrected chi connectivity index (χ3v) is 12.4. The van der Waals surface area contributed by atoms with Crippen LogP contribution in [0.2, 0.25) is 0 Å². The van der Waals surface area contributed by atoms with Crippen LogP contribution in [0.3, 0.4) is 0 Å². The molecule has 8 rings (SSSR count). The molecule has 2 saturated carbocycles. The number of thiazole rings is 1. The van der Waals surface area contributed by atoms with Crippen LogP contribution in [0, 0.1) is 46.6 Å². The lowest BCUT2D eigenvalue weighted by Crippen LogP contribution is -2.42. The number of anilines is 1. The van der Waals surface area contributed by atoms with E-state index in [1.807, 2.05) is 61.5 Å². The number of aromatic amines is 1. The zero-order valence-electron chi connectivity index (χ0n) is 23.5. The van der Waals surface area contributed by atoms with Gasteiger partial charge in [-0.3, -0.25) is 29.4 Å². The molecular weight excluding hydrogens is 599 g/mol. The van der Waals surface area contributed by atoms with Crippen LogP contribution in [0.4, 0.5) is 11.4 Å². The summed E-state index contributed by atoms with van der Waals surface area (Å²) in [5.74, 6) is -1.40. The summed E-state index contributed by atoms with van der Waals surface area (Å²) in [6.45, 7) is 2.23. The van der Waals surface area contributed by atoms with E-state index in [9.17, 15) is 24.5 Å². The van der Waals surface area contributed by atoms with Crippen LogP contribution in [-0.2, 0) is 16.2 Å².